The standard InChI is InChI=1S/C30H22N2/c1-19-20-11-3-5-13-22(20)29(23-14-6-4-12-21(19)23)32-30-26-17-9-7-15-24(26)28(31-2)25-16-8-10-18-27(25)30/h3-18H,1-2H3. The molecule has 0 fully saturated rings. The van der Waals surface area contributed by atoms with Gasteiger partial charge in [0.25, 0.3) is 0 Å². The van der Waals surface area contributed by atoms with Crippen LogP contribution < -0.4 is 0 Å². The molecule has 5 aromatic rings. The van der Waals surface area contributed by atoms with Crippen LogP contribution >= 0.6 is 0 Å². The van der Waals surface area contributed by atoms with Gasteiger partial charge >= 0.3 is 0 Å². The molecule has 0 aromatic heterocycles. The molecule has 0 radical (unpaired) electrons. The van der Waals surface area contributed by atoms with Gasteiger partial charge in [-0.15, -0.1) is 0 Å². The average molecular weight is 411 g/mol. The highest BCUT2D eigenvalue weighted by atomic mass is 14.8. The third-order valence-electron chi connectivity index (χ3n) is 6.49. The number of fused-ring (bicyclic) bond motifs is 4. The van der Waals surface area contributed by atoms with Crippen molar-refractivity contribution in [1.82, 2.24) is 0 Å². The van der Waals surface area contributed by atoms with Crippen molar-refractivity contribution < 1.29 is 0 Å². The van der Waals surface area contributed by atoms with E-state index < -0.39 is 0 Å². The van der Waals surface area contributed by atoms with Crippen LogP contribution in [0, 0.1) is 6.92 Å². The fourth-order valence-corrected chi connectivity index (χ4v) is 5.00. The van der Waals surface area contributed by atoms with E-state index in [0.717, 1.165) is 39.4 Å². The van der Waals surface area contributed by atoms with Gasteiger partial charge in [0.1, 0.15) is 0 Å². The van der Waals surface area contributed by atoms with Crippen molar-refractivity contribution in [2.75, 3.05) is 7.05 Å². The van der Waals surface area contributed by atoms with Crippen molar-refractivity contribution in [1.29, 1.82) is 0 Å². The third-order valence-corrected chi connectivity index (χ3v) is 6.49. The van der Waals surface area contributed by atoms with E-state index in [2.05, 4.69) is 109 Å². The Morgan fingerprint density at radius 2 is 0.844 bits per heavy atom. The van der Waals surface area contributed by atoms with E-state index in [-0.39, 0.29) is 0 Å². The Labute approximate surface area is 187 Å². The molecule has 0 saturated carbocycles. The molecular formula is C30H22N2. The third kappa shape index (κ3) is 2.66. The van der Waals surface area contributed by atoms with Gasteiger partial charge in [0.2, 0.25) is 0 Å². The minimum atomic E-state index is 1.00. The van der Waals surface area contributed by atoms with Gasteiger partial charge in [0.15, 0.2) is 0 Å². The van der Waals surface area contributed by atoms with Crippen LogP contribution in [0.4, 0.5) is 5.69 Å². The van der Waals surface area contributed by atoms with Gasteiger partial charge in [-0.2, -0.15) is 0 Å². The van der Waals surface area contributed by atoms with Crippen molar-refractivity contribution in [3.8, 4) is 0 Å². The van der Waals surface area contributed by atoms with Crippen LogP contribution in [-0.4, -0.2) is 18.5 Å². The second kappa shape index (κ2) is 7.28. The van der Waals surface area contributed by atoms with Gasteiger partial charge in [0.05, 0.1) is 17.1 Å². The zero-order valence-electron chi connectivity index (χ0n) is 18.1. The molecule has 0 N–H and O–H groups in total. The topological polar surface area (TPSA) is 24.7 Å². The Morgan fingerprint density at radius 1 is 0.469 bits per heavy atom. The van der Waals surface area contributed by atoms with Gasteiger partial charge in [-0.05, 0) is 23.3 Å². The lowest BCUT2D eigenvalue weighted by Gasteiger charge is -2.23. The Kier molecular flexibility index (Phi) is 4.26. The lowest BCUT2D eigenvalue weighted by Crippen LogP contribution is -2.22. The van der Waals surface area contributed by atoms with E-state index in [1.165, 1.54) is 27.1 Å². The molecule has 1 aliphatic rings. The Balaban J connectivity index is 1.77. The van der Waals surface area contributed by atoms with Crippen LogP contribution in [0.5, 0.6) is 0 Å². The smallest absolute Gasteiger partial charge is 0.0795 e. The summed E-state index contributed by atoms with van der Waals surface area (Å²) in [5.74, 6) is 0. The van der Waals surface area contributed by atoms with Gasteiger partial charge in [-0.1, -0.05) is 97.1 Å². The zero-order chi connectivity index (χ0) is 21.7. The highest BCUT2D eigenvalue weighted by Gasteiger charge is 2.26. The predicted octanol–water partition coefficient (Wildman–Crippen LogP) is 7.25. The Hall–Kier alpha value is -4.04. The molecule has 32 heavy (non-hydrogen) atoms. The normalized spacial score (nSPS) is 12.6. The lowest BCUT2D eigenvalue weighted by molar-refractivity contribution is 1.37. The molecule has 2 heteroatoms. The van der Waals surface area contributed by atoms with Crippen LogP contribution in [0.1, 0.15) is 27.8 Å². The van der Waals surface area contributed by atoms with Gasteiger partial charge in [-0.3, -0.25) is 4.99 Å². The first kappa shape index (κ1) is 18.7. The molecule has 5 aromatic carbocycles. The van der Waals surface area contributed by atoms with E-state index >= 15 is 0 Å². The van der Waals surface area contributed by atoms with E-state index in [0.29, 0.717) is 0 Å². The molecule has 0 aliphatic heterocycles. The summed E-state index contributed by atoms with van der Waals surface area (Å²) in [5.41, 5.74) is 8.86. The van der Waals surface area contributed by atoms with E-state index in [1.807, 2.05) is 7.05 Å². The predicted molar refractivity (Wildman–Crippen MR) is 136 cm³/mol. The average Bonchev–Trinajstić information content (AvgIpc) is 2.86. The molecule has 0 atom stereocenters. The van der Waals surface area contributed by atoms with Crippen molar-refractivity contribution >= 4 is 38.7 Å². The first-order valence-electron chi connectivity index (χ1n) is 10.9. The maximum atomic E-state index is 5.43. The summed E-state index contributed by atoms with van der Waals surface area (Å²) in [7, 11) is 1.87. The molecule has 0 unspecified atom stereocenters. The second-order valence-electron chi connectivity index (χ2n) is 8.19. The minimum Gasteiger partial charge on any atom is -0.287 e. The molecule has 6 rings (SSSR count). The second-order valence-corrected chi connectivity index (χ2v) is 8.19. The van der Waals surface area contributed by atoms with Gasteiger partial charge in [0, 0.05) is 40.1 Å². The lowest BCUT2D eigenvalue weighted by atomic mass is 9.82. The molecule has 0 spiro atoms. The van der Waals surface area contributed by atoms with E-state index in [9.17, 15) is 0 Å². The molecule has 152 valence electrons. The van der Waals surface area contributed by atoms with Gasteiger partial charge < -0.3 is 0 Å². The fourth-order valence-electron chi connectivity index (χ4n) is 5.00. The van der Waals surface area contributed by atoms with E-state index in [1.54, 1.807) is 0 Å². The summed E-state index contributed by atoms with van der Waals surface area (Å²) in [6, 6.07) is 34.1. The van der Waals surface area contributed by atoms with Crippen LogP contribution in [0.2, 0.25) is 0 Å². The summed E-state index contributed by atoms with van der Waals surface area (Å²) < 4.78 is 0. The number of hydrogen-bond donors (Lipinski definition) is 0. The molecule has 1 aliphatic carbocycles. The Bertz CT molecular complexity index is 1480. The summed E-state index contributed by atoms with van der Waals surface area (Å²) in [4.78, 5) is 10.1. The number of nitrogens with zero attached hydrogens (tertiary/aromatic N) is 2. The molecule has 0 saturated heterocycles. The molecule has 0 heterocycles. The molecule has 0 bridgehead atoms. The number of aryl methyl sites for hydroxylation is 1. The summed E-state index contributed by atoms with van der Waals surface area (Å²) in [5, 5.41) is 4.86. The van der Waals surface area contributed by atoms with Gasteiger partial charge in [-0.25, -0.2) is 4.99 Å². The summed E-state index contributed by atoms with van der Waals surface area (Å²) in [6.45, 7) is 2.21. The summed E-state index contributed by atoms with van der Waals surface area (Å²) in [6.07, 6.45) is 0. The minimum absolute atomic E-state index is 1.00. The first-order chi connectivity index (χ1) is 15.8. The first-order valence-corrected chi connectivity index (χ1v) is 10.9. The molecular weight excluding hydrogens is 388 g/mol. The van der Waals surface area contributed by atoms with Crippen molar-refractivity contribution in [2.45, 2.75) is 6.92 Å². The quantitative estimate of drug-likeness (QED) is 0.255. The number of aliphatic imine (C=N–C) groups is 2. The molecule has 2 nitrogen and oxygen atoms in total. The zero-order valence-corrected chi connectivity index (χ0v) is 18.1. The van der Waals surface area contributed by atoms with Crippen molar-refractivity contribution in [2.24, 2.45) is 9.98 Å². The van der Waals surface area contributed by atoms with E-state index in [4.69, 9.17) is 4.99 Å². The van der Waals surface area contributed by atoms with Crippen LogP contribution in [-0.2, 0) is 0 Å². The maximum absolute atomic E-state index is 5.43. The largest absolute Gasteiger partial charge is 0.287 e. The molecule has 0 amide bonds. The van der Waals surface area contributed by atoms with Crippen molar-refractivity contribution in [3.05, 3.63) is 125 Å². The van der Waals surface area contributed by atoms with Crippen LogP contribution in [0.25, 0.3) is 21.5 Å². The van der Waals surface area contributed by atoms with Crippen LogP contribution in [0.3, 0.4) is 0 Å². The fraction of sp³-hybridized carbons (Fsp3) is 0.0667. The monoisotopic (exact) mass is 410 g/mol. The Morgan fingerprint density at radius 3 is 1.28 bits per heavy atom. The summed E-state index contributed by atoms with van der Waals surface area (Å²) >= 11 is 0. The van der Waals surface area contributed by atoms with Crippen molar-refractivity contribution in [3.63, 3.8) is 0 Å². The number of rotatable bonds is 1. The van der Waals surface area contributed by atoms with Crippen LogP contribution in [0.15, 0.2) is 107 Å². The highest BCUT2D eigenvalue weighted by molar-refractivity contribution is 6.32. The SMILES string of the molecule is CN=C1c2ccccc2C(=Nc2c3ccccc3c(C)c3ccccc23)c2ccccc21. The maximum Gasteiger partial charge on any atom is 0.0795 e. The number of benzene rings is 5. The highest BCUT2D eigenvalue weighted by Crippen LogP contribution is 2.40. The number of hydrogen-bond acceptors (Lipinski definition) is 2.